The highest BCUT2D eigenvalue weighted by atomic mass is 16.5. The van der Waals surface area contributed by atoms with Gasteiger partial charge in [0.15, 0.2) is 0 Å². The van der Waals surface area contributed by atoms with Crippen LogP contribution in [0.15, 0.2) is 0 Å². The first-order valence-electron chi connectivity index (χ1n) is 5.57. The Bertz CT molecular complexity index is 96.1. The molecule has 0 saturated heterocycles. The molecule has 2 nitrogen and oxygen atoms in total. The number of methoxy groups -OCH3 is 1. The van der Waals surface area contributed by atoms with Gasteiger partial charge in [0, 0.05) is 19.8 Å². The lowest BCUT2D eigenvalue weighted by Crippen LogP contribution is -2.27. The molecule has 0 saturated carbocycles. The summed E-state index contributed by atoms with van der Waals surface area (Å²) in [6.45, 7) is 6.44. The van der Waals surface area contributed by atoms with Gasteiger partial charge in [0.1, 0.15) is 0 Å². The number of hydrogen-bond acceptors (Lipinski definition) is 2. The van der Waals surface area contributed by atoms with Crippen molar-refractivity contribution in [3.63, 3.8) is 0 Å². The summed E-state index contributed by atoms with van der Waals surface area (Å²) in [6, 6.07) is 0.729. The molecule has 1 atom stereocenters. The van der Waals surface area contributed by atoms with Crippen molar-refractivity contribution < 1.29 is 4.74 Å². The van der Waals surface area contributed by atoms with Crippen molar-refractivity contribution in [3.8, 4) is 0 Å². The van der Waals surface area contributed by atoms with Gasteiger partial charge in [0.05, 0.1) is 0 Å². The minimum Gasteiger partial charge on any atom is -0.385 e. The highest BCUT2D eigenvalue weighted by Gasteiger charge is 2.02. The van der Waals surface area contributed by atoms with E-state index in [4.69, 9.17) is 4.74 Å². The molecular weight excluding hydrogens is 162 g/mol. The first-order valence-corrected chi connectivity index (χ1v) is 5.57. The Morgan fingerprint density at radius 3 is 2.46 bits per heavy atom. The molecule has 0 heterocycles. The number of ether oxygens (including phenoxy) is 1. The SMILES string of the molecule is CCNC(CC)CCCCCOC. The zero-order chi connectivity index (χ0) is 9.94. The van der Waals surface area contributed by atoms with Crippen LogP contribution in [0.4, 0.5) is 0 Å². The summed E-state index contributed by atoms with van der Waals surface area (Å²) in [5, 5.41) is 3.49. The molecular formula is C11H25NO. The first-order chi connectivity index (χ1) is 6.35. The summed E-state index contributed by atoms with van der Waals surface area (Å²) in [4.78, 5) is 0. The summed E-state index contributed by atoms with van der Waals surface area (Å²) in [5.41, 5.74) is 0. The van der Waals surface area contributed by atoms with E-state index in [9.17, 15) is 0 Å². The van der Waals surface area contributed by atoms with Gasteiger partial charge < -0.3 is 10.1 Å². The predicted octanol–water partition coefficient (Wildman–Crippen LogP) is 2.58. The second-order valence-electron chi connectivity index (χ2n) is 3.50. The van der Waals surface area contributed by atoms with Crippen molar-refractivity contribution in [2.24, 2.45) is 0 Å². The summed E-state index contributed by atoms with van der Waals surface area (Å²) in [7, 11) is 1.77. The number of unbranched alkanes of at least 4 members (excludes halogenated alkanes) is 2. The minimum atomic E-state index is 0.729. The van der Waals surface area contributed by atoms with Crippen LogP contribution in [0, 0.1) is 0 Å². The Morgan fingerprint density at radius 2 is 1.92 bits per heavy atom. The smallest absolute Gasteiger partial charge is 0.0462 e. The lowest BCUT2D eigenvalue weighted by molar-refractivity contribution is 0.191. The van der Waals surface area contributed by atoms with Crippen LogP contribution in [0.1, 0.15) is 46.0 Å². The van der Waals surface area contributed by atoms with Gasteiger partial charge >= 0.3 is 0 Å². The molecule has 0 spiro atoms. The lowest BCUT2D eigenvalue weighted by Gasteiger charge is -2.15. The van der Waals surface area contributed by atoms with E-state index in [-0.39, 0.29) is 0 Å². The number of rotatable bonds is 9. The monoisotopic (exact) mass is 187 g/mol. The van der Waals surface area contributed by atoms with E-state index >= 15 is 0 Å². The maximum Gasteiger partial charge on any atom is 0.0462 e. The zero-order valence-corrected chi connectivity index (χ0v) is 9.44. The van der Waals surface area contributed by atoms with Crippen LogP contribution in [0.25, 0.3) is 0 Å². The Labute approximate surface area is 83.1 Å². The van der Waals surface area contributed by atoms with Crippen LogP contribution in [-0.2, 0) is 4.74 Å². The Hall–Kier alpha value is -0.0800. The Balaban J connectivity index is 3.17. The van der Waals surface area contributed by atoms with Crippen molar-refractivity contribution >= 4 is 0 Å². The zero-order valence-electron chi connectivity index (χ0n) is 9.44. The van der Waals surface area contributed by atoms with Crippen molar-refractivity contribution in [1.29, 1.82) is 0 Å². The molecule has 0 amide bonds. The fourth-order valence-electron chi connectivity index (χ4n) is 1.55. The molecule has 1 N–H and O–H groups in total. The largest absolute Gasteiger partial charge is 0.385 e. The summed E-state index contributed by atoms with van der Waals surface area (Å²) in [6.07, 6.45) is 6.40. The molecule has 0 aliphatic rings. The number of hydrogen-bond donors (Lipinski definition) is 1. The van der Waals surface area contributed by atoms with Gasteiger partial charge in [-0.15, -0.1) is 0 Å². The molecule has 0 rings (SSSR count). The molecule has 13 heavy (non-hydrogen) atoms. The fraction of sp³-hybridized carbons (Fsp3) is 1.00. The maximum absolute atomic E-state index is 5.01. The second kappa shape index (κ2) is 10.0. The Morgan fingerprint density at radius 1 is 1.15 bits per heavy atom. The highest BCUT2D eigenvalue weighted by molar-refractivity contribution is 4.63. The third-order valence-electron chi connectivity index (χ3n) is 2.39. The molecule has 0 aromatic heterocycles. The third kappa shape index (κ3) is 8.26. The quantitative estimate of drug-likeness (QED) is 0.560. The molecule has 80 valence electrons. The van der Waals surface area contributed by atoms with Gasteiger partial charge in [0.2, 0.25) is 0 Å². The summed E-state index contributed by atoms with van der Waals surface area (Å²) < 4.78 is 5.01. The predicted molar refractivity (Wildman–Crippen MR) is 58.1 cm³/mol. The molecule has 1 unspecified atom stereocenters. The standard InChI is InChI=1S/C11H25NO/c1-4-11(12-5-2)9-7-6-8-10-13-3/h11-12H,4-10H2,1-3H3. The van der Waals surface area contributed by atoms with Crippen LogP contribution < -0.4 is 5.32 Å². The molecule has 0 aromatic carbocycles. The Kier molecular flexibility index (Phi) is 9.94. The van der Waals surface area contributed by atoms with Crippen molar-refractivity contribution in [3.05, 3.63) is 0 Å². The second-order valence-corrected chi connectivity index (χ2v) is 3.50. The maximum atomic E-state index is 5.01. The lowest BCUT2D eigenvalue weighted by atomic mass is 10.1. The van der Waals surface area contributed by atoms with Gasteiger partial charge in [0.25, 0.3) is 0 Å². The average Bonchev–Trinajstić information content (AvgIpc) is 2.16. The van der Waals surface area contributed by atoms with Crippen LogP contribution >= 0.6 is 0 Å². The van der Waals surface area contributed by atoms with Gasteiger partial charge in [-0.3, -0.25) is 0 Å². The summed E-state index contributed by atoms with van der Waals surface area (Å²) in [5.74, 6) is 0. The minimum absolute atomic E-state index is 0.729. The number of nitrogens with one attached hydrogen (secondary N) is 1. The molecule has 2 heteroatoms. The average molecular weight is 187 g/mol. The molecule has 0 aromatic rings. The van der Waals surface area contributed by atoms with Gasteiger partial charge in [-0.1, -0.05) is 26.7 Å². The van der Waals surface area contributed by atoms with Gasteiger partial charge in [-0.25, -0.2) is 0 Å². The van der Waals surface area contributed by atoms with E-state index in [1.54, 1.807) is 7.11 Å². The third-order valence-corrected chi connectivity index (χ3v) is 2.39. The topological polar surface area (TPSA) is 21.3 Å². The van der Waals surface area contributed by atoms with Crippen LogP contribution in [0.5, 0.6) is 0 Å². The van der Waals surface area contributed by atoms with Gasteiger partial charge in [-0.05, 0) is 25.8 Å². The molecule has 0 bridgehead atoms. The normalized spacial score (nSPS) is 13.2. The molecule has 0 aliphatic carbocycles. The molecule has 0 fully saturated rings. The van der Waals surface area contributed by atoms with Crippen LogP contribution in [0.2, 0.25) is 0 Å². The van der Waals surface area contributed by atoms with Crippen LogP contribution in [-0.4, -0.2) is 26.3 Å². The van der Waals surface area contributed by atoms with E-state index in [0.717, 1.165) is 19.2 Å². The van der Waals surface area contributed by atoms with E-state index in [0.29, 0.717) is 0 Å². The van der Waals surface area contributed by atoms with E-state index in [2.05, 4.69) is 19.2 Å². The van der Waals surface area contributed by atoms with E-state index in [1.165, 1.54) is 32.1 Å². The van der Waals surface area contributed by atoms with E-state index in [1.807, 2.05) is 0 Å². The summed E-state index contributed by atoms with van der Waals surface area (Å²) >= 11 is 0. The van der Waals surface area contributed by atoms with E-state index < -0.39 is 0 Å². The molecule has 0 radical (unpaired) electrons. The van der Waals surface area contributed by atoms with Crippen molar-refractivity contribution in [1.82, 2.24) is 5.32 Å². The molecule has 0 aliphatic heterocycles. The first kappa shape index (κ1) is 12.9. The van der Waals surface area contributed by atoms with Crippen molar-refractivity contribution in [2.75, 3.05) is 20.3 Å². The van der Waals surface area contributed by atoms with Crippen LogP contribution in [0.3, 0.4) is 0 Å². The highest BCUT2D eigenvalue weighted by Crippen LogP contribution is 2.06. The van der Waals surface area contributed by atoms with Crippen molar-refractivity contribution in [2.45, 2.75) is 52.0 Å². The van der Waals surface area contributed by atoms with Gasteiger partial charge in [-0.2, -0.15) is 0 Å². The fourth-order valence-corrected chi connectivity index (χ4v) is 1.55.